The van der Waals surface area contributed by atoms with Crippen LogP contribution >= 0.6 is 27.5 Å². The molecule has 0 saturated heterocycles. The van der Waals surface area contributed by atoms with Crippen LogP contribution in [0.1, 0.15) is 10.4 Å². The molecule has 0 fully saturated rings. The first-order valence-electron chi connectivity index (χ1n) is 4.91. The molecule has 0 aliphatic rings. The molecule has 1 aromatic heterocycles. The van der Waals surface area contributed by atoms with Crippen molar-refractivity contribution in [2.45, 2.75) is 0 Å². The van der Waals surface area contributed by atoms with Crippen LogP contribution in [0.2, 0.25) is 5.02 Å². The number of hydrogen-bond acceptors (Lipinski definition) is 3. The van der Waals surface area contributed by atoms with Crippen LogP contribution < -0.4 is 10.9 Å². The highest BCUT2D eigenvalue weighted by Gasteiger charge is 2.07. The Morgan fingerprint density at radius 3 is 2.67 bits per heavy atom. The van der Waals surface area contributed by atoms with Gasteiger partial charge in [-0.3, -0.25) is 4.79 Å². The van der Waals surface area contributed by atoms with E-state index >= 15 is 0 Å². The SMILES string of the molecule is O=C(Nc1ccc(Br)c(Cl)c1)c1ccc(=O)oc1. The lowest BCUT2D eigenvalue weighted by Crippen LogP contribution is -2.12. The van der Waals surface area contributed by atoms with Crippen molar-refractivity contribution in [3.63, 3.8) is 0 Å². The van der Waals surface area contributed by atoms with Gasteiger partial charge in [0, 0.05) is 16.2 Å². The summed E-state index contributed by atoms with van der Waals surface area (Å²) in [7, 11) is 0. The van der Waals surface area contributed by atoms with Crippen molar-refractivity contribution in [3.05, 3.63) is 62.1 Å². The molecule has 4 nitrogen and oxygen atoms in total. The molecule has 0 saturated carbocycles. The molecule has 0 bridgehead atoms. The summed E-state index contributed by atoms with van der Waals surface area (Å²) in [6.45, 7) is 0. The first-order chi connectivity index (χ1) is 8.56. The van der Waals surface area contributed by atoms with Gasteiger partial charge in [-0.05, 0) is 40.2 Å². The zero-order valence-corrected chi connectivity index (χ0v) is 11.3. The van der Waals surface area contributed by atoms with Gasteiger partial charge in [0.2, 0.25) is 0 Å². The third-order valence-electron chi connectivity index (χ3n) is 2.14. The average molecular weight is 329 g/mol. The fourth-order valence-corrected chi connectivity index (χ4v) is 1.69. The summed E-state index contributed by atoms with van der Waals surface area (Å²) < 4.78 is 5.35. The van der Waals surface area contributed by atoms with Crippen molar-refractivity contribution in [1.29, 1.82) is 0 Å². The van der Waals surface area contributed by atoms with E-state index in [2.05, 4.69) is 25.7 Å². The van der Waals surface area contributed by atoms with Crippen molar-refractivity contribution in [2.24, 2.45) is 0 Å². The fraction of sp³-hybridized carbons (Fsp3) is 0. The lowest BCUT2D eigenvalue weighted by atomic mass is 10.2. The number of carbonyl (C=O) groups is 1. The highest BCUT2D eigenvalue weighted by atomic mass is 79.9. The Bertz CT molecular complexity index is 634. The molecular formula is C12H7BrClNO3. The zero-order chi connectivity index (χ0) is 13.1. The van der Waals surface area contributed by atoms with E-state index in [0.29, 0.717) is 10.7 Å². The maximum absolute atomic E-state index is 11.8. The Hall–Kier alpha value is -1.59. The molecule has 92 valence electrons. The fourth-order valence-electron chi connectivity index (χ4n) is 1.26. The molecule has 0 aliphatic carbocycles. The summed E-state index contributed by atoms with van der Waals surface area (Å²) >= 11 is 9.16. The first-order valence-corrected chi connectivity index (χ1v) is 6.08. The smallest absolute Gasteiger partial charge is 0.335 e. The molecule has 1 heterocycles. The molecule has 0 atom stereocenters. The molecule has 2 rings (SSSR count). The predicted molar refractivity (Wildman–Crippen MR) is 72.1 cm³/mol. The molecule has 0 unspecified atom stereocenters. The van der Waals surface area contributed by atoms with Gasteiger partial charge in [0.25, 0.3) is 5.91 Å². The van der Waals surface area contributed by atoms with E-state index in [-0.39, 0.29) is 11.5 Å². The van der Waals surface area contributed by atoms with Crippen LogP contribution in [0.15, 0.2) is 50.3 Å². The second kappa shape index (κ2) is 5.37. The summed E-state index contributed by atoms with van der Waals surface area (Å²) in [5.41, 5.74) is 0.311. The standard InChI is InChI=1S/C12H7BrClNO3/c13-9-3-2-8(5-10(9)14)15-12(17)7-1-4-11(16)18-6-7/h1-6H,(H,15,17). The molecule has 1 amide bonds. The van der Waals surface area contributed by atoms with Crippen molar-refractivity contribution < 1.29 is 9.21 Å². The third kappa shape index (κ3) is 3.00. The van der Waals surface area contributed by atoms with E-state index in [9.17, 15) is 9.59 Å². The van der Waals surface area contributed by atoms with Crippen LogP contribution in [0.3, 0.4) is 0 Å². The minimum atomic E-state index is -0.502. The average Bonchev–Trinajstić information content (AvgIpc) is 2.34. The van der Waals surface area contributed by atoms with Gasteiger partial charge in [-0.1, -0.05) is 11.6 Å². The number of hydrogen-bond donors (Lipinski definition) is 1. The molecule has 6 heteroatoms. The van der Waals surface area contributed by atoms with E-state index in [1.165, 1.54) is 12.1 Å². The van der Waals surface area contributed by atoms with Crippen LogP contribution in [0, 0.1) is 0 Å². The number of halogens is 2. The van der Waals surface area contributed by atoms with E-state index in [0.717, 1.165) is 10.7 Å². The van der Waals surface area contributed by atoms with Crippen molar-refractivity contribution in [3.8, 4) is 0 Å². The zero-order valence-electron chi connectivity index (χ0n) is 8.94. The first kappa shape index (κ1) is 12.9. The molecule has 1 N–H and O–H groups in total. The number of rotatable bonds is 2. The maximum atomic E-state index is 11.8. The second-order valence-corrected chi connectivity index (χ2v) is 4.69. The van der Waals surface area contributed by atoms with Gasteiger partial charge in [0.05, 0.1) is 10.6 Å². The minimum Gasteiger partial charge on any atom is -0.430 e. The number of benzene rings is 1. The number of carbonyl (C=O) groups excluding carboxylic acids is 1. The summed E-state index contributed by atoms with van der Waals surface area (Å²) in [5, 5.41) is 3.13. The van der Waals surface area contributed by atoms with Crippen LogP contribution in [0.5, 0.6) is 0 Å². The van der Waals surface area contributed by atoms with Gasteiger partial charge in [-0.2, -0.15) is 0 Å². The number of anilines is 1. The van der Waals surface area contributed by atoms with E-state index in [1.807, 2.05) is 0 Å². The van der Waals surface area contributed by atoms with Crippen LogP contribution in [-0.2, 0) is 0 Å². The molecule has 18 heavy (non-hydrogen) atoms. The quantitative estimate of drug-likeness (QED) is 0.920. The Morgan fingerprint density at radius 2 is 2.06 bits per heavy atom. The Morgan fingerprint density at radius 1 is 1.28 bits per heavy atom. The maximum Gasteiger partial charge on any atom is 0.335 e. The monoisotopic (exact) mass is 327 g/mol. The lowest BCUT2D eigenvalue weighted by Gasteiger charge is -2.05. The van der Waals surface area contributed by atoms with E-state index in [1.54, 1.807) is 18.2 Å². The van der Waals surface area contributed by atoms with Crippen LogP contribution in [-0.4, -0.2) is 5.91 Å². The van der Waals surface area contributed by atoms with E-state index in [4.69, 9.17) is 11.6 Å². The van der Waals surface area contributed by atoms with Crippen molar-refractivity contribution in [2.75, 3.05) is 5.32 Å². The van der Waals surface area contributed by atoms with Gasteiger partial charge >= 0.3 is 5.63 Å². The van der Waals surface area contributed by atoms with Crippen LogP contribution in [0.25, 0.3) is 0 Å². The molecule has 2 aromatic rings. The molecule has 0 spiro atoms. The highest BCUT2D eigenvalue weighted by molar-refractivity contribution is 9.10. The Labute approximate surface area is 116 Å². The summed E-state index contributed by atoms with van der Waals surface area (Å²) in [6.07, 6.45) is 1.11. The van der Waals surface area contributed by atoms with E-state index < -0.39 is 5.63 Å². The van der Waals surface area contributed by atoms with Gasteiger partial charge in [-0.25, -0.2) is 4.79 Å². The normalized spacial score (nSPS) is 10.1. The van der Waals surface area contributed by atoms with Gasteiger partial charge < -0.3 is 9.73 Å². The summed E-state index contributed by atoms with van der Waals surface area (Å²) in [6, 6.07) is 7.61. The van der Waals surface area contributed by atoms with Gasteiger partial charge in [0.15, 0.2) is 0 Å². The Kier molecular flexibility index (Phi) is 3.84. The molecular weight excluding hydrogens is 321 g/mol. The number of amides is 1. The largest absolute Gasteiger partial charge is 0.430 e. The molecule has 1 aromatic carbocycles. The highest BCUT2D eigenvalue weighted by Crippen LogP contribution is 2.25. The topological polar surface area (TPSA) is 59.3 Å². The minimum absolute atomic E-state index is 0.258. The summed E-state index contributed by atoms with van der Waals surface area (Å²) in [5.74, 6) is -0.378. The molecule has 0 aliphatic heterocycles. The van der Waals surface area contributed by atoms with Gasteiger partial charge in [-0.15, -0.1) is 0 Å². The summed E-state index contributed by atoms with van der Waals surface area (Å²) in [4.78, 5) is 22.6. The van der Waals surface area contributed by atoms with Gasteiger partial charge in [0.1, 0.15) is 6.26 Å². The lowest BCUT2D eigenvalue weighted by molar-refractivity contribution is 0.102. The van der Waals surface area contributed by atoms with Crippen molar-refractivity contribution >= 4 is 39.1 Å². The molecule has 0 radical (unpaired) electrons. The van der Waals surface area contributed by atoms with Crippen LogP contribution in [0.4, 0.5) is 5.69 Å². The number of nitrogens with one attached hydrogen (secondary N) is 1. The second-order valence-electron chi connectivity index (χ2n) is 3.43. The van der Waals surface area contributed by atoms with Crippen molar-refractivity contribution in [1.82, 2.24) is 0 Å². The third-order valence-corrected chi connectivity index (χ3v) is 3.37. The Balaban J connectivity index is 2.18. The predicted octanol–water partition coefficient (Wildman–Crippen LogP) is 3.31.